The van der Waals surface area contributed by atoms with E-state index in [1.165, 1.54) is 16.7 Å². The number of hydrogen-bond donors (Lipinski definition) is 0. The largest absolute Gasteiger partial charge is 0.465 e. The van der Waals surface area contributed by atoms with Crippen LogP contribution < -0.4 is 9.77 Å². The van der Waals surface area contributed by atoms with E-state index in [1.54, 1.807) is 26.0 Å². The number of carbonyl (C=O) groups is 4. The highest BCUT2D eigenvalue weighted by Crippen LogP contribution is 2.54. The summed E-state index contributed by atoms with van der Waals surface area (Å²) in [5.41, 5.74) is 2.49. The number of carbonyl (C=O) groups excluding carboxylic acids is 4. The van der Waals surface area contributed by atoms with Gasteiger partial charge in [-0.2, -0.15) is 0 Å². The molecule has 42 heavy (non-hydrogen) atoms. The number of nitrogens with zero attached hydrogens (tertiary/aromatic N) is 2. The van der Waals surface area contributed by atoms with Crippen molar-refractivity contribution in [3.05, 3.63) is 79.8 Å². The number of hydrogen-bond acceptors (Lipinski definition) is 9. The van der Waals surface area contributed by atoms with E-state index in [0.29, 0.717) is 21.2 Å². The van der Waals surface area contributed by atoms with Crippen molar-refractivity contribution in [2.24, 2.45) is 5.92 Å². The highest BCUT2D eigenvalue weighted by Gasteiger charge is 2.56. The van der Waals surface area contributed by atoms with Crippen LogP contribution in [0.5, 0.6) is 0 Å². The number of fused-ring (bicyclic) bond motifs is 2. The number of ether oxygens (including phenoxy) is 2. The molecule has 2 amide bonds. The Bertz CT molecular complexity index is 1600. The fourth-order valence-corrected chi connectivity index (χ4v) is 8.13. The summed E-state index contributed by atoms with van der Waals surface area (Å²) >= 11 is 2.14. The molecule has 0 radical (unpaired) electrons. The van der Waals surface area contributed by atoms with Crippen LogP contribution in [0, 0.1) is 5.92 Å². The monoisotopic (exact) mass is 608 g/mol. The Balaban J connectivity index is 1.59. The normalized spacial score (nSPS) is 19.8. The average Bonchev–Trinajstić information content (AvgIpc) is 3.39. The summed E-state index contributed by atoms with van der Waals surface area (Å²) < 4.78 is 11.5. The van der Waals surface area contributed by atoms with Gasteiger partial charge in [-0.05, 0) is 54.7 Å². The van der Waals surface area contributed by atoms with Gasteiger partial charge in [-0.15, -0.1) is 0 Å². The topological polar surface area (TPSA) is 112 Å². The smallest absolute Gasteiger partial charge is 0.338 e. The summed E-state index contributed by atoms with van der Waals surface area (Å²) in [6, 6.07) is 14.1. The van der Waals surface area contributed by atoms with E-state index in [-0.39, 0.29) is 36.0 Å². The van der Waals surface area contributed by atoms with Crippen LogP contribution in [0.25, 0.3) is 0 Å². The maximum Gasteiger partial charge on any atom is 0.338 e. The van der Waals surface area contributed by atoms with Crippen LogP contribution in [0.2, 0.25) is 0 Å². The average molecular weight is 609 g/mol. The minimum absolute atomic E-state index is 0.0892. The standard InChI is InChI=1S/C31H32N2O7S2/c1-6-39-21(34)16-32-28-25(42-30(32)38)22(17-8-12-19(13-9-17)31(3,4)5)23-24(41-28)27(36)33(26(23)35)20-14-10-18(11-15-20)29(37)40-7-2/h8-15,22-24H,6-7,16H2,1-5H3/t22-,23?,24?/m1/s1. The third-order valence-electron chi connectivity index (χ3n) is 7.41. The molecule has 1 aromatic heterocycles. The number of esters is 2. The number of imide groups is 1. The molecule has 3 heterocycles. The number of thioether (sulfide) groups is 1. The van der Waals surface area contributed by atoms with Crippen molar-refractivity contribution in [1.82, 2.24) is 4.57 Å². The van der Waals surface area contributed by atoms with Crippen LogP contribution in [0.15, 0.2) is 58.4 Å². The maximum atomic E-state index is 14.1. The summed E-state index contributed by atoms with van der Waals surface area (Å²) in [5.74, 6) is -3.17. The van der Waals surface area contributed by atoms with Crippen LogP contribution >= 0.6 is 23.1 Å². The Hall–Kier alpha value is -3.70. The molecule has 9 nitrogen and oxygen atoms in total. The van der Waals surface area contributed by atoms with Crippen LogP contribution in [-0.4, -0.2) is 46.8 Å². The van der Waals surface area contributed by atoms with E-state index in [9.17, 15) is 24.0 Å². The fourth-order valence-electron chi connectivity index (χ4n) is 5.36. The molecule has 2 aliphatic heterocycles. The molecule has 3 atom stereocenters. The van der Waals surface area contributed by atoms with Gasteiger partial charge < -0.3 is 9.47 Å². The molecular weight excluding hydrogens is 576 g/mol. The number of benzene rings is 2. The molecule has 0 spiro atoms. The molecule has 2 aliphatic rings. The van der Waals surface area contributed by atoms with E-state index in [1.807, 2.05) is 24.3 Å². The molecule has 0 aliphatic carbocycles. The predicted molar refractivity (Wildman–Crippen MR) is 160 cm³/mol. The molecule has 2 unspecified atom stereocenters. The molecule has 0 saturated carbocycles. The summed E-state index contributed by atoms with van der Waals surface area (Å²) in [5, 5.41) is -0.311. The first-order chi connectivity index (χ1) is 20.0. The van der Waals surface area contributed by atoms with Crippen molar-refractivity contribution in [2.75, 3.05) is 18.1 Å². The molecule has 1 fully saturated rings. The highest BCUT2D eigenvalue weighted by atomic mass is 32.2. The molecule has 1 saturated heterocycles. The van der Waals surface area contributed by atoms with Gasteiger partial charge in [0.05, 0.1) is 35.4 Å². The Labute approximate surface area is 251 Å². The lowest BCUT2D eigenvalue weighted by Gasteiger charge is -2.31. The second-order valence-corrected chi connectivity index (χ2v) is 13.2. The molecular formula is C31H32N2O7S2. The Morgan fingerprint density at radius 3 is 2.12 bits per heavy atom. The van der Waals surface area contributed by atoms with Crippen LogP contribution in [0.1, 0.15) is 66.9 Å². The summed E-state index contributed by atoms with van der Waals surface area (Å²) in [6.45, 7) is 9.87. The Morgan fingerprint density at radius 2 is 1.52 bits per heavy atom. The zero-order chi connectivity index (χ0) is 30.3. The SMILES string of the molecule is CCOC(=O)Cn1c2c(sc1=O)[C@H](c1ccc(C(C)(C)C)cc1)C1C(=O)N(c3ccc(C(=O)OCC)cc3)C(=O)C1S2. The zero-order valence-electron chi connectivity index (χ0n) is 24.0. The van der Waals surface area contributed by atoms with E-state index in [2.05, 4.69) is 20.8 Å². The van der Waals surface area contributed by atoms with Gasteiger partial charge in [-0.25, -0.2) is 9.69 Å². The predicted octanol–water partition coefficient (Wildman–Crippen LogP) is 4.74. The lowest BCUT2D eigenvalue weighted by Crippen LogP contribution is -2.32. The van der Waals surface area contributed by atoms with Gasteiger partial charge in [0, 0.05) is 10.8 Å². The lowest BCUT2D eigenvalue weighted by molar-refractivity contribution is -0.144. The van der Waals surface area contributed by atoms with Gasteiger partial charge in [0.15, 0.2) is 0 Å². The second-order valence-electron chi connectivity index (χ2n) is 11.1. The Morgan fingerprint density at radius 1 is 0.881 bits per heavy atom. The van der Waals surface area contributed by atoms with E-state index in [4.69, 9.17) is 9.47 Å². The van der Waals surface area contributed by atoms with Gasteiger partial charge in [-0.3, -0.25) is 23.7 Å². The van der Waals surface area contributed by atoms with Crippen molar-refractivity contribution in [1.29, 1.82) is 0 Å². The first kappa shape index (κ1) is 29.8. The van der Waals surface area contributed by atoms with Crippen molar-refractivity contribution in [3.8, 4) is 0 Å². The molecule has 11 heteroatoms. The number of aromatic nitrogens is 1. The van der Waals surface area contributed by atoms with Gasteiger partial charge in [0.1, 0.15) is 11.8 Å². The second kappa shape index (κ2) is 11.5. The number of amides is 2. The summed E-state index contributed by atoms with van der Waals surface area (Å²) in [4.78, 5) is 67.1. The number of rotatable bonds is 7. The Kier molecular flexibility index (Phi) is 8.17. The molecule has 0 N–H and O–H groups in total. The third kappa shape index (κ3) is 5.31. The van der Waals surface area contributed by atoms with Crippen molar-refractivity contribution >= 4 is 52.5 Å². The molecule has 220 valence electrons. The number of thiazole rings is 1. The summed E-state index contributed by atoms with van der Waals surface area (Å²) in [6.07, 6.45) is 0. The first-order valence-corrected chi connectivity index (χ1v) is 15.5. The van der Waals surface area contributed by atoms with E-state index in [0.717, 1.165) is 39.1 Å². The molecule has 2 aromatic carbocycles. The lowest BCUT2D eigenvalue weighted by atomic mass is 9.81. The van der Waals surface area contributed by atoms with E-state index >= 15 is 0 Å². The number of anilines is 1. The van der Waals surface area contributed by atoms with Crippen LogP contribution in [-0.2, 0) is 35.8 Å². The van der Waals surface area contributed by atoms with Crippen LogP contribution in [0.3, 0.4) is 0 Å². The van der Waals surface area contributed by atoms with E-state index < -0.39 is 34.9 Å². The van der Waals surface area contributed by atoms with Crippen LogP contribution in [0.4, 0.5) is 5.69 Å². The fraction of sp³-hybridized carbons (Fsp3) is 0.387. The molecule has 0 bridgehead atoms. The molecule has 3 aromatic rings. The van der Waals surface area contributed by atoms with Gasteiger partial charge >= 0.3 is 16.8 Å². The minimum Gasteiger partial charge on any atom is -0.465 e. The van der Waals surface area contributed by atoms with Crippen molar-refractivity contribution < 1.29 is 28.7 Å². The van der Waals surface area contributed by atoms with Crippen molar-refractivity contribution in [3.63, 3.8) is 0 Å². The molecule has 5 rings (SSSR count). The third-order valence-corrected chi connectivity index (χ3v) is 10.0. The quantitative estimate of drug-likeness (QED) is 0.279. The maximum absolute atomic E-state index is 14.1. The van der Waals surface area contributed by atoms with Gasteiger partial charge in [0.25, 0.3) is 0 Å². The van der Waals surface area contributed by atoms with Crippen molar-refractivity contribution in [2.45, 2.75) is 62.8 Å². The van der Waals surface area contributed by atoms with Gasteiger partial charge in [-0.1, -0.05) is 68.1 Å². The highest BCUT2D eigenvalue weighted by molar-refractivity contribution is 8.00. The minimum atomic E-state index is -0.815. The first-order valence-electron chi connectivity index (χ1n) is 13.8. The summed E-state index contributed by atoms with van der Waals surface area (Å²) in [7, 11) is 0. The zero-order valence-corrected chi connectivity index (χ0v) is 25.7. The van der Waals surface area contributed by atoms with Gasteiger partial charge in [0.2, 0.25) is 11.8 Å².